The third-order valence-electron chi connectivity index (χ3n) is 3.91. The Bertz CT molecular complexity index is 1010. The van der Waals surface area contributed by atoms with Crippen molar-refractivity contribution in [3.63, 3.8) is 0 Å². The highest BCUT2D eigenvalue weighted by molar-refractivity contribution is 7.98. The molecule has 26 heavy (non-hydrogen) atoms. The third kappa shape index (κ3) is 3.52. The number of imidazole rings is 1. The molecule has 5 nitrogen and oxygen atoms in total. The van der Waals surface area contributed by atoms with Gasteiger partial charge in [-0.2, -0.15) is 4.98 Å². The van der Waals surface area contributed by atoms with Crippen molar-refractivity contribution in [2.75, 3.05) is 0 Å². The molecule has 0 bridgehead atoms. The predicted octanol–water partition coefficient (Wildman–Crippen LogP) is 5.08. The Morgan fingerprint density at radius 3 is 2.58 bits per heavy atom. The van der Waals surface area contributed by atoms with Crippen molar-refractivity contribution >= 4 is 23.4 Å². The summed E-state index contributed by atoms with van der Waals surface area (Å²) >= 11 is 7.47. The molecule has 0 saturated carbocycles. The molecule has 4 aromatic rings. The van der Waals surface area contributed by atoms with E-state index in [2.05, 4.69) is 31.8 Å². The minimum atomic E-state index is 0.555. The smallest absolute Gasteiger partial charge is 0.237 e. The lowest BCUT2D eigenvalue weighted by atomic mass is 10.2. The first-order chi connectivity index (χ1) is 12.7. The first-order valence-electron chi connectivity index (χ1n) is 7.99. The van der Waals surface area contributed by atoms with E-state index in [9.17, 15) is 0 Å². The third-order valence-corrected chi connectivity index (χ3v) is 5.19. The summed E-state index contributed by atoms with van der Waals surface area (Å²) in [5.74, 6) is 1.67. The standard InChI is InChI=1S/C19H15ClN4OS/c1-24-16(13-5-3-2-4-6-13)11-21-19(24)26-12-17-22-18(23-25-17)14-7-9-15(20)10-8-14/h2-11H,12H2,1H3. The summed E-state index contributed by atoms with van der Waals surface area (Å²) in [6, 6.07) is 17.5. The van der Waals surface area contributed by atoms with Crippen LogP contribution in [0.1, 0.15) is 5.89 Å². The van der Waals surface area contributed by atoms with E-state index >= 15 is 0 Å². The van der Waals surface area contributed by atoms with Crippen LogP contribution in [0.4, 0.5) is 0 Å². The number of hydrogen-bond donors (Lipinski definition) is 0. The maximum absolute atomic E-state index is 5.91. The Balaban J connectivity index is 1.47. The maximum Gasteiger partial charge on any atom is 0.237 e. The number of nitrogens with zero attached hydrogens (tertiary/aromatic N) is 4. The predicted molar refractivity (Wildman–Crippen MR) is 103 cm³/mol. The fraction of sp³-hybridized carbons (Fsp3) is 0.105. The molecule has 0 amide bonds. The fourth-order valence-electron chi connectivity index (χ4n) is 2.56. The van der Waals surface area contributed by atoms with Gasteiger partial charge in [-0.05, 0) is 29.8 Å². The highest BCUT2D eigenvalue weighted by Crippen LogP contribution is 2.27. The SMILES string of the molecule is Cn1c(-c2ccccc2)cnc1SCc1nc(-c2ccc(Cl)cc2)no1. The van der Waals surface area contributed by atoms with Crippen LogP contribution in [0.3, 0.4) is 0 Å². The van der Waals surface area contributed by atoms with Gasteiger partial charge in [0.2, 0.25) is 11.7 Å². The number of thioether (sulfide) groups is 1. The molecule has 0 aliphatic carbocycles. The molecule has 2 aromatic carbocycles. The molecule has 0 unspecified atom stereocenters. The Morgan fingerprint density at radius 1 is 1.04 bits per heavy atom. The minimum absolute atomic E-state index is 0.555. The molecule has 0 fully saturated rings. The van der Waals surface area contributed by atoms with Crippen LogP contribution in [0.5, 0.6) is 0 Å². The number of halogens is 1. The van der Waals surface area contributed by atoms with Gasteiger partial charge in [0.1, 0.15) is 0 Å². The normalized spacial score (nSPS) is 11.0. The van der Waals surface area contributed by atoms with Gasteiger partial charge in [-0.25, -0.2) is 4.98 Å². The first-order valence-corrected chi connectivity index (χ1v) is 9.35. The van der Waals surface area contributed by atoms with Crippen LogP contribution in [-0.2, 0) is 12.8 Å². The van der Waals surface area contributed by atoms with Crippen LogP contribution in [0.15, 0.2) is 70.5 Å². The van der Waals surface area contributed by atoms with Gasteiger partial charge in [0.25, 0.3) is 0 Å². The summed E-state index contributed by atoms with van der Waals surface area (Å²) in [7, 11) is 2.00. The average Bonchev–Trinajstić information content (AvgIpc) is 3.28. The van der Waals surface area contributed by atoms with Crippen LogP contribution in [0, 0.1) is 0 Å². The Kier molecular flexibility index (Phi) is 4.77. The monoisotopic (exact) mass is 382 g/mol. The van der Waals surface area contributed by atoms with Crippen LogP contribution in [-0.4, -0.2) is 19.7 Å². The van der Waals surface area contributed by atoms with E-state index in [0.717, 1.165) is 22.0 Å². The van der Waals surface area contributed by atoms with E-state index in [1.165, 1.54) is 0 Å². The van der Waals surface area contributed by atoms with Gasteiger partial charge in [-0.3, -0.25) is 0 Å². The second-order valence-corrected chi connectivity index (χ2v) is 7.04. The second-order valence-electron chi connectivity index (χ2n) is 5.66. The lowest BCUT2D eigenvalue weighted by molar-refractivity contribution is 0.391. The van der Waals surface area contributed by atoms with Crippen molar-refractivity contribution in [2.24, 2.45) is 7.05 Å². The van der Waals surface area contributed by atoms with Crippen LogP contribution < -0.4 is 0 Å². The summed E-state index contributed by atoms with van der Waals surface area (Å²) in [6.07, 6.45) is 1.88. The van der Waals surface area contributed by atoms with Crippen molar-refractivity contribution in [3.8, 4) is 22.6 Å². The van der Waals surface area contributed by atoms with E-state index in [1.807, 2.05) is 43.6 Å². The van der Waals surface area contributed by atoms with Gasteiger partial charge < -0.3 is 9.09 Å². The summed E-state index contributed by atoms with van der Waals surface area (Å²) in [5, 5.41) is 5.61. The van der Waals surface area contributed by atoms with E-state index in [4.69, 9.17) is 16.1 Å². The highest BCUT2D eigenvalue weighted by Gasteiger charge is 2.13. The minimum Gasteiger partial charge on any atom is -0.338 e. The number of aromatic nitrogens is 4. The summed E-state index contributed by atoms with van der Waals surface area (Å²) < 4.78 is 7.42. The lowest BCUT2D eigenvalue weighted by Crippen LogP contribution is -1.94. The topological polar surface area (TPSA) is 56.7 Å². The summed E-state index contributed by atoms with van der Waals surface area (Å²) in [5.41, 5.74) is 3.08. The van der Waals surface area contributed by atoms with Crippen molar-refractivity contribution < 1.29 is 4.52 Å². The van der Waals surface area contributed by atoms with Crippen LogP contribution >= 0.6 is 23.4 Å². The van der Waals surface area contributed by atoms with Crippen molar-refractivity contribution in [3.05, 3.63) is 71.7 Å². The van der Waals surface area contributed by atoms with Gasteiger partial charge in [-0.1, -0.05) is 58.9 Å². The van der Waals surface area contributed by atoms with E-state index < -0.39 is 0 Å². The van der Waals surface area contributed by atoms with E-state index in [0.29, 0.717) is 22.5 Å². The van der Waals surface area contributed by atoms with Gasteiger partial charge in [-0.15, -0.1) is 0 Å². The molecule has 4 rings (SSSR count). The molecular formula is C19H15ClN4OS. The van der Waals surface area contributed by atoms with Crippen LogP contribution in [0.25, 0.3) is 22.6 Å². The molecule has 0 atom stereocenters. The first kappa shape index (κ1) is 16.9. The molecule has 0 aliphatic rings. The molecule has 2 heterocycles. The summed E-state index contributed by atoms with van der Waals surface area (Å²) in [6.45, 7) is 0. The van der Waals surface area contributed by atoms with Gasteiger partial charge in [0.15, 0.2) is 5.16 Å². The maximum atomic E-state index is 5.91. The number of hydrogen-bond acceptors (Lipinski definition) is 5. The Morgan fingerprint density at radius 2 is 1.81 bits per heavy atom. The second kappa shape index (κ2) is 7.35. The molecule has 0 N–H and O–H groups in total. The molecule has 2 aromatic heterocycles. The zero-order valence-corrected chi connectivity index (χ0v) is 15.5. The molecular weight excluding hydrogens is 368 g/mol. The van der Waals surface area contributed by atoms with Crippen LogP contribution in [0.2, 0.25) is 5.02 Å². The van der Waals surface area contributed by atoms with Gasteiger partial charge in [0.05, 0.1) is 17.6 Å². The average molecular weight is 383 g/mol. The molecule has 7 heteroatoms. The van der Waals surface area contributed by atoms with Gasteiger partial charge in [0, 0.05) is 17.6 Å². The zero-order chi connectivity index (χ0) is 17.9. The molecule has 130 valence electrons. The Hall–Kier alpha value is -2.57. The lowest BCUT2D eigenvalue weighted by Gasteiger charge is -2.04. The van der Waals surface area contributed by atoms with Crippen molar-refractivity contribution in [1.29, 1.82) is 0 Å². The number of rotatable bonds is 5. The molecule has 0 saturated heterocycles. The molecule has 0 spiro atoms. The zero-order valence-electron chi connectivity index (χ0n) is 14.0. The summed E-state index contributed by atoms with van der Waals surface area (Å²) in [4.78, 5) is 8.94. The van der Waals surface area contributed by atoms with Crippen molar-refractivity contribution in [2.45, 2.75) is 10.9 Å². The molecule has 0 aliphatic heterocycles. The highest BCUT2D eigenvalue weighted by atomic mass is 35.5. The van der Waals surface area contributed by atoms with Crippen molar-refractivity contribution in [1.82, 2.24) is 19.7 Å². The Labute approximate surface area is 160 Å². The number of benzene rings is 2. The van der Waals surface area contributed by atoms with E-state index in [-0.39, 0.29) is 0 Å². The van der Waals surface area contributed by atoms with Gasteiger partial charge >= 0.3 is 0 Å². The largest absolute Gasteiger partial charge is 0.338 e. The van der Waals surface area contributed by atoms with E-state index in [1.54, 1.807) is 23.9 Å². The molecule has 0 radical (unpaired) electrons. The fourth-order valence-corrected chi connectivity index (χ4v) is 3.47. The quantitative estimate of drug-likeness (QED) is 0.450.